The molecule has 0 saturated carbocycles. The molecule has 0 radical (unpaired) electrons. The Morgan fingerprint density at radius 3 is 2.47 bits per heavy atom. The van der Waals surface area contributed by atoms with Gasteiger partial charge in [-0.3, -0.25) is 5.10 Å². The number of aromatic amines is 1. The van der Waals surface area contributed by atoms with Crippen molar-refractivity contribution in [3.8, 4) is 11.3 Å². The third-order valence-corrected chi connectivity index (χ3v) is 2.39. The Hall–Kier alpha value is -2.38. The summed E-state index contributed by atoms with van der Waals surface area (Å²) in [4.78, 5) is 10.6. The molecule has 100 valence electrons. The predicted octanol–water partition coefficient (Wildman–Crippen LogP) is 2.99. The molecule has 0 unspecified atom stereocenters. The molecule has 0 fully saturated rings. The number of carbonyl (C=O) groups is 1. The summed E-state index contributed by atoms with van der Waals surface area (Å²) in [6, 6.07) is 2.04. The minimum Gasteiger partial charge on any atom is -0.477 e. The standard InChI is InChI=1S/C11H6F4N2O2/c12-6-2-4(10(14)15)1-5(9(6)13)7-3-8(11(18)19)17-16-7/h1-3,10H,(H,16,17)(H,18,19). The lowest BCUT2D eigenvalue weighted by molar-refractivity contribution is 0.0690. The van der Waals surface area contributed by atoms with E-state index in [2.05, 4.69) is 10.2 Å². The topological polar surface area (TPSA) is 66.0 Å². The van der Waals surface area contributed by atoms with Crippen LogP contribution in [0.1, 0.15) is 22.5 Å². The van der Waals surface area contributed by atoms with Crippen molar-refractivity contribution in [2.24, 2.45) is 0 Å². The Bertz CT molecular complexity index is 640. The highest BCUT2D eigenvalue weighted by atomic mass is 19.3. The van der Waals surface area contributed by atoms with Crippen molar-refractivity contribution in [3.63, 3.8) is 0 Å². The lowest BCUT2D eigenvalue weighted by Gasteiger charge is -2.05. The molecule has 2 rings (SSSR count). The highest BCUT2D eigenvalue weighted by Gasteiger charge is 2.19. The number of rotatable bonds is 3. The maximum absolute atomic E-state index is 13.5. The fourth-order valence-electron chi connectivity index (χ4n) is 1.49. The number of carboxylic acid groups (broad SMARTS) is 1. The summed E-state index contributed by atoms with van der Waals surface area (Å²) in [6.07, 6.45) is -2.98. The van der Waals surface area contributed by atoms with E-state index in [1.54, 1.807) is 0 Å². The molecule has 0 aliphatic carbocycles. The van der Waals surface area contributed by atoms with E-state index in [0.717, 1.165) is 12.1 Å². The molecule has 1 aromatic carbocycles. The molecule has 0 spiro atoms. The van der Waals surface area contributed by atoms with Crippen LogP contribution in [-0.2, 0) is 0 Å². The molecule has 4 nitrogen and oxygen atoms in total. The SMILES string of the molecule is O=C(O)c1cc(-c2cc(C(F)F)cc(F)c2F)n[nH]1. The second kappa shape index (κ2) is 4.71. The van der Waals surface area contributed by atoms with E-state index in [4.69, 9.17) is 5.11 Å². The average Bonchev–Trinajstić information content (AvgIpc) is 2.81. The molecular weight excluding hydrogens is 268 g/mol. The van der Waals surface area contributed by atoms with Crippen molar-refractivity contribution in [2.45, 2.75) is 6.43 Å². The normalized spacial score (nSPS) is 11.0. The maximum Gasteiger partial charge on any atom is 0.353 e. The molecule has 0 amide bonds. The first-order valence-corrected chi connectivity index (χ1v) is 4.96. The van der Waals surface area contributed by atoms with Crippen molar-refractivity contribution >= 4 is 5.97 Å². The molecule has 0 bridgehead atoms. The molecule has 0 aliphatic heterocycles. The van der Waals surface area contributed by atoms with Crippen LogP contribution in [0, 0.1) is 11.6 Å². The number of aromatic carboxylic acids is 1. The number of nitrogens with one attached hydrogen (secondary N) is 1. The van der Waals surface area contributed by atoms with Gasteiger partial charge in [0.1, 0.15) is 5.69 Å². The third-order valence-electron chi connectivity index (χ3n) is 2.39. The number of hydrogen-bond acceptors (Lipinski definition) is 2. The van der Waals surface area contributed by atoms with Crippen LogP contribution in [0.15, 0.2) is 18.2 Å². The first kappa shape index (κ1) is 13.1. The van der Waals surface area contributed by atoms with Gasteiger partial charge in [0, 0.05) is 11.1 Å². The minimum absolute atomic E-state index is 0.267. The van der Waals surface area contributed by atoms with Gasteiger partial charge in [0.15, 0.2) is 11.6 Å². The summed E-state index contributed by atoms with van der Waals surface area (Å²) in [5.41, 5.74) is -1.87. The second-order valence-corrected chi connectivity index (χ2v) is 3.64. The van der Waals surface area contributed by atoms with Gasteiger partial charge in [0.05, 0.1) is 5.69 Å². The van der Waals surface area contributed by atoms with Gasteiger partial charge < -0.3 is 5.11 Å². The molecule has 0 saturated heterocycles. The Kier molecular flexibility index (Phi) is 3.24. The van der Waals surface area contributed by atoms with Crippen molar-refractivity contribution in [1.82, 2.24) is 10.2 Å². The van der Waals surface area contributed by atoms with E-state index in [-0.39, 0.29) is 11.4 Å². The van der Waals surface area contributed by atoms with Crippen LogP contribution < -0.4 is 0 Å². The lowest BCUT2D eigenvalue weighted by Crippen LogP contribution is -1.95. The largest absolute Gasteiger partial charge is 0.477 e. The molecular formula is C11H6F4N2O2. The number of carboxylic acids is 1. The van der Waals surface area contributed by atoms with Gasteiger partial charge in [-0.25, -0.2) is 22.4 Å². The van der Waals surface area contributed by atoms with Gasteiger partial charge in [0.2, 0.25) is 0 Å². The Morgan fingerprint density at radius 1 is 1.26 bits per heavy atom. The summed E-state index contributed by atoms with van der Waals surface area (Å²) in [5.74, 6) is -4.18. The van der Waals surface area contributed by atoms with Crippen molar-refractivity contribution < 1.29 is 27.5 Å². The maximum atomic E-state index is 13.5. The fraction of sp³-hybridized carbons (Fsp3) is 0.0909. The molecule has 0 atom stereocenters. The number of nitrogens with zero attached hydrogens (tertiary/aromatic N) is 1. The van der Waals surface area contributed by atoms with Crippen LogP contribution in [0.4, 0.5) is 17.6 Å². The number of aromatic nitrogens is 2. The van der Waals surface area contributed by atoms with Crippen LogP contribution in [0.2, 0.25) is 0 Å². The number of halogens is 4. The molecule has 0 aliphatic rings. The van der Waals surface area contributed by atoms with Crippen molar-refractivity contribution in [1.29, 1.82) is 0 Å². The Morgan fingerprint density at radius 2 is 1.95 bits per heavy atom. The number of H-pyrrole nitrogens is 1. The molecule has 2 aromatic rings. The zero-order valence-electron chi connectivity index (χ0n) is 9.12. The van der Waals surface area contributed by atoms with Crippen molar-refractivity contribution in [2.75, 3.05) is 0 Å². The monoisotopic (exact) mass is 274 g/mol. The van der Waals surface area contributed by atoms with E-state index in [9.17, 15) is 22.4 Å². The predicted molar refractivity (Wildman–Crippen MR) is 55.9 cm³/mol. The molecule has 2 N–H and O–H groups in total. The number of hydrogen-bond donors (Lipinski definition) is 2. The van der Waals surface area contributed by atoms with Gasteiger partial charge in [-0.05, 0) is 18.2 Å². The summed E-state index contributed by atoms with van der Waals surface area (Å²) >= 11 is 0. The summed E-state index contributed by atoms with van der Waals surface area (Å²) in [7, 11) is 0. The zero-order valence-corrected chi connectivity index (χ0v) is 9.12. The highest BCUT2D eigenvalue weighted by molar-refractivity contribution is 5.86. The van der Waals surface area contributed by atoms with Crippen molar-refractivity contribution in [3.05, 3.63) is 41.1 Å². The smallest absolute Gasteiger partial charge is 0.353 e. The molecule has 19 heavy (non-hydrogen) atoms. The van der Waals surface area contributed by atoms with E-state index < -0.39 is 35.2 Å². The number of benzene rings is 1. The first-order valence-electron chi connectivity index (χ1n) is 4.96. The number of alkyl halides is 2. The highest BCUT2D eigenvalue weighted by Crippen LogP contribution is 2.29. The minimum atomic E-state index is -2.98. The quantitative estimate of drug-likeness (QED) is 0.845. The van der Waals surface area contributed by atoms with E-state index in [1.807, 2.05) is 0 Å². The van der Waals surface area contributed by atoms with Crippen LogP contribution in [0.3, 0.4) is 0 Å². The Balaban J connectivity index is 2.56. The lowest BCUT2D eigenvalue weighted by atomic mass is 10.1. The van der Waals surface area contributed by atoms with Gasteiger partial charge in [0.25, 0.3) is 6.43 Å². The van der Waals surface area contributed by atoms with Gasteiger partial charge in [-0.15, -0.1) is 0 Å². The molecule has 8 heteroatoms. The third kappa shape index (κ3) is 2.42. The van der Waals surface area contributed by atoms with Crippen LogP contribution in [0.5, 0.6) is 0 Å². The summed E-state index contributed by atoms with van der Waals surface area (Å²) in [6.45, 7) is 0. The van der Waals surface area contributed by atoms with Gasteiger partial charge in [-0.1, -0.05) is 0 Å². The summed E-state index contributed by atoms with van der Waals surface area (Å²) in [5, 5.41) is 14.2. The van der Waals surface area contributed by atoms with Gasteiger partial charge >= 0.3 is 5.97 Å². The van der Waals surface area contributed by atoms with E-state index in [0.29, 0.717) is 6.07 Å². The molecule has 1 heterocycles. The first-order chi connectivity index (χ1) is 8.90. The van der Waals surface area contributed by atoms with Crippen LogP contribution in [-0.4, -0.2) is 21.3 Å². The zero-order chi connectivity index (χ0) is 14.2. The second-order valence-electron chi connectivity index (χ2n) is 3.64. The van der Waals surface area contributed by atoms with Crippen LogP contribution >= 0.6 is 0 Å². The van der Waals surface area contributed by atoms with E-state index in [1.165, 1.54) is 0 Å². The summed E-state index contributed by atoms with van der Waals surface area (Å²) < 4.78 is 51.7. The Labute approximate surface area is 103 Å². The van der Waals surface area contributed by atoms with Crippen LogP contribution in [0.25, 0.3) is 11.3 Å². The average molecular weight is 274 g/mol. The van der Waals surface area contributed by atoms with Gasteiger partial charge in [-0.2, -0.15) is 5.10 Å². The molecule has 1 aromatic heterocycles. The fourth-order valence-corrected chi connectivity index (χ4v) is 1.49. The van der Waals surface area contributed by atoms with E-state index >= 15 is 0 Å².